The zero-order valence-electron chi connectivity index (χ0n) is 18.5. The van der Waals surface area contributed by atoms with Crippen molar-refractivity contribution in [1.29, 1.82) is 0 Å². The molecule has 4 rings (SSSR count). The van der Waals surface area contributed by atoms with E-state index < -0.39 is 12.5 Å². The zero-order chi connectivity index (χ0) is 25.3. The molecule has 1 N–H and O–H groups in total. The maximum atomic E-state index is 13.1. The predicted octanol–water partition coefficient (Wildman–Crippen LogP) is 6.09. The highest BCUT2D eigenvalue weighted by Gasteiger charge is 2.38. The maximum Gasteiger partial charge on any atom is 0.573 e. The highest BCUT2D eigenvalue weighted by molar-refractivity contribution is 6.36. The van der Waals surface area contributed by atoms with E-state index >= 15 is 0 Å². The molecule has 2 aromatic rings. The first-order valence-corrected chi connectivity index (χ1v) is 11.9. The normalized spacial score (nSPS) is 19.3. The van der Waals surface area contributed by atoms with Gasteiger partial charge in [0.25, 0.3) is 0 Å². The fraction of sp³-hybridized carbons (Fsp3) is 0.417. The molecule has 2 aliphatic heterocycles. The number of halogens is 5. The van der Waals surface area contributed by atoms with Crippen molar-refractivity contribution in [3.63, 3.8) is 0 Å². The molecule has 2 fully saturated rings. The molecule has 1 atom stereocenters. The third-order valence-corrected chi connectivity index (χ3v) is 7.21. The van der Waals surface area contributed by atoms with Crippen LogP contribution in [0.5, 0.6) is 5.75 Å². The Labute approximate surface area is 210 Å². The molecular weight excluding hydrogens is 508 g/mol. The molecule has 0 aliphatic carbocycles. The van der Waals surface area contributed by atoms with Gasteiger partial charge in [-0.1, -0.05) is 35.3 Å². The van der Waals surface area contributed by atoms with Crippen LogP contribution >= 0.6 is 23.2 Å². The molecule has 188 valence electrons. The number of nitrogens with zero attached hydrogens (tertiary/aromatic N) is 2. The van der Waals surface area contributed by atoms with Gasteiger partial charge in [0.2, 0.25) is 5.91 Å². The molecule has 2 aromatic carbocycles. The van der Waals surface area contributed by atoms with Crippen molar-refractivity contribution in [2.45, 2.75) is 38.1 Å². The maximum absolute atomic E-state index is 13.1. The van der Waals surface area contributed by atoms with Crippen LogP contribution in [0.1, 0.15) is 24.8 Å². The second kappa shape index (κ2) is 10.1. The number of hydrogen-bond donors (Lipinski definition) is 1. The average Bonchev–Trinajstić information content (AvgIpc) is 3.15. The molecular formula is C24H23Cl2F3N2O4. The van der Waals surface area contributed by atoms with Gasteiger partial charge in [0, 0.05) is 41.6 Å². The summed E-state index contributed by atoms with van der Waals surface area (Å²) < 4.78 is 41.0. The molecule has 35 heavy (non-hydrogen) atoms. The van der Waals surface area contributed by atoms with Crippen LogP contribution in [0.15, 0.2) is 36.4 Å². The average molecular weight is 531 g/mol. The van der Waals surface area contributed by atoms with Crippen LogP contribution in [-0.2, 0) is 11.2 Å². The van der Waals surface area contributed by atoms with E-state index in [0.29, 0.717) is 72.1 Å². The number of hydrogen-bond acceptors (Lipinski definition) is 3. The summed E-state index contributed by atoms with van der Waals surface area (Å²) in [4.78, 5) is 27.4. The third kappa shape index (κ3) is 5.95. The monoisotopic (exact) mass is 530 g/mol. The molecule has 6 nitrogen and oxygen atoms in total. The Hall–Kier alpha value is -2.65. The van der Waals surface area contributed by atoms with Gasteiger partial charge in [-0.2, -0.15) is 0 Å². The fourth-order valence-corrected chi connectivity index (χ4v) is 5.39. The van der Waals surface area contributed by atoms with Gasteiger partial charge in [-0.25, -0.2) is 4.79 Å². The lowest BCUT2D eigenvalue weighted by atomic mass is 9.95. The standard InChI is InChI=1S/C24H23Cl2F3N2O4/c25-20-12-16(14-1-3-18(4-2-14)35-24(27,28)29)13-21(26)19(20)11-15-5-10-31(22(15)32)17-6-8-30(9-7-17)23(33)34/h1-4,12-13,15,17H,5-11H2,(H,33,34)/t15-/m0/s1. The van der Waals surface area contributed by atoms with Crippen molar-refractivity contribution in [3.8, 4) is 16.9 Å². The summed E-state index contributed by atoms with van der Waals surface area (Å²) in [5.74, 6) is -0.574. The van der Waals surface area contributed by atoms with Gasteiger partial charge < -0.3 is 19.6 Å². The van der Waals surface area contributed by atoms with E-state index in [-0.39, 0.29) is 23.6 Å². The number of carbonyl (C=O) groups excluding carboxylic acids is 1. The summed E-state index contributed by atoms with van der Waals surface area (Å²) in [6.45, 7) is 1.44. The minimum atomic E-state index is -4.77. The number of benzene rings is 2. The largest absolute Gasteiger partial charge is 0.573 e. The van der Waals surface area contributed by atoms with Crippen LogP contribution in [0.2, 0.25) is 10.0 Å². The first-order valence-electron chi connectivity index (χ1n) is 11.1. The molecule has 0 saturated carbocycles. The summed E-state index contributed by atoms with van der Waals surface area (Å²) in [5.41, 5.74) is 1.90. The van der Waals surface area contributed by atoms with Crippen LogP contribution in [0, 0.1) is 5.92 Å². The van der Waals surface area contributed by atoms with E-state index in [4.69, 9.17) is 28.3 Å². The predicted molar refractivity (Wildman–Crippen MR) is 125 cm³/mol. The molecule has 2 heterocycles. The Kier molecular flexibility index (Phi) is 7.38. The van der Waals surface area contributed by atoms with Crippen molar-refractivity contribution in [2.75, 3.05) is 19.6 Å². The van der Waals surface area contributed by atoms with Gasteiger partial charge in [-0.05, 0) is 66.6 Å². The lowest BCUT2D eigenvalue weighted by Gasteiger charge is -2.35. The second-order valence-corrected chi connectivity index (χ2v) is 9.53. The van der Waals surface area contributed by atoms with E-state index in [1.807, 2.05) is 4.90 Å². The Morgan fingerprint density at radius 1 is 1.00 bits per heavy atom. The van der Waals surface area contributed by atoms with Crippen LogP contribution in [0.25, 0.3) is 11.1 Å². The quantitative estimate of drug-likeness (QED) is 0.507. The minimum absolute atomic E-state index is 0.0234. The number of rotatable bonds is 5. The third-order valence-electron chi connectivity index (χ3n) is 6.54. The topological polar surface area (TPSA) is 70.1 Å². The van der Waals surface area contributed by atoms with E-state index in [0.717, 1.165) is 0 Å². The number of carboxylic acid groups (broad SMARTS) is 1. The number of ether oxygens (including phenoxy) is 1. The molecule has 0 aromatic heterocycles. The van der Waals surface area contributed by atoms with Crippen molar-refractivity contribution in [1.82, 2.24) is 9.80 Å². The van der Waals surface area contributed by atoms with Gasteiger partial charge in [0.05, 0.1) is 0 Å². The summed E-state index contributed by atoms with van der Waals surface area (Å²) in [6.07, 6.45) is -3.43. The zero-order valence-corrected chi connectivity index (χ0v) is 20.0. The van der Waals surface area contributed by atoms with Crippen LogP contribution < -0.4 is 4.74 Å². The summed E-state index contributed by atoms with van der Waals surface area (Å²) in [6, 6.07) is 8.78. The first kappa shape index (κ1) is 25.4. The number of piperidine rings is 1. The number of amides is 2. The van der Waals surface area contributed by atoms with Crippen LogP contribution in [0.3, 0.4) is 0 Å². The summed E-state index contributed by atoms with van der Waals surface area (Å²) >= 11 is 13.0. The van der Waals surface area contributed by atoms with Gasteiger partial charge in [0.1, 0.15) is 5.75 Å². The van der Waals surface area contributed by atoms with Crippen LogP contribution in [0.4, 0.5) is 18.0 Å². The fourth-order valence-electron chi connectivity index (χ4n) is 4.74. The highest BCUT2D eigenvalue weighted by atomic mass is 35.5. The van der Waals surface area contributed by atoms with Gasteiger partial charge in [-0.3, -0.25) is 4.79 Å². The number of alkyl halides is 3. The Morgan fingerprint density at radius 2 is 1.60 bits per heavy atom. The van der Waals surface area contributed by atoms with Crippen molar-refractivity contribution in [3.05, 3.63) is 52.0 Å². The minimum Gasteiger partial charge on any atom is -0.465 e. The smallest absolute Gasteiger partial charge is 0.465 e. The molecule has 0 spiro atoms. The second-order valence-electron chi connectivity index (χ2n) is 8.71. The van der Waals surface area contributed by atoms with Gasteiger partial charge in [-0.15, -0.1) is 13.2 Å². The van der Waals surface area contributed by atoms with E-state index in [1.165, 1.54) is 29.2 Å². The molecule has 0 bridgehead atoms. The van der Waals surface area contributed by atoms with Crippen molar-refractivity contribution >= 4 is 35.2 Å². The summed E-state index contributed by atoms with van der Waals surface area (Å²) in [5, 5.41) is 9.88. The summed E-state index contributed by atoms with van der Waals surface area (Å²) in [7, 11) is 0. The van der Waals surface area contributed by atoms with E-state index in [2.05, 4.69) is 4.74 Å². The van der Waals surface area contributed by atoms with Crippen LogP contribution in [-0.4, -0.2) is 58.9 Å². The van der Waals surface area contributed by atoms with E-state index in [1.54, 1.807) is 12.1 Å². The SMILES string of the molecule is O=C(O)N1CCC(N2CC[C@@H](Cc3c(Cl)cc(-c4ccc(OC(F)(F)F)cc4)cc3Cl)C2=O)CC1. The lowest BCUT2D eigenvalue weighted by molar-refractivity contribution is -0.274. The van der Waals surface area contributed by atoms with Gasteiger partial charge in [0.15, 0.2) is 0 Å². The number of likely N-dealkylation sites (tertiary alicyclic amines) is 2. The van der Waals surface area contributed by atoms with Crippen molar-refractivity contribution < 1.29 is 32.6 Å². The highest BCUT2D eigenvalue weighted by Crippen LogP contribution is 2.36. The lowest BCUT2D eigenvalue weighted by Crippen LogP contribution is -2.47. The van der Waals surface area contributed by atoms with E-state index in [9.17, 15) is 22.8 Å². The first-order chi connectivity index (χ1) is 16.5. The van der Waals surface area contributed by atoms with Gasteiger partial charge >= 0.3 is 12.5 Å². The Bertz CT molecular complexity index is 1080. The molecule has 0 unspecified atom stereocenters. The molecule has 2 aliphatic rings. The number of carbonyl (C=O) groups is 2. The Balaban J connectivity index is 1.42. The molecule has 11 heteroatoms. The molecule has 2 saturated heterocycles. The molecule has 0 radical (unpaired) electrons. The van der Waals surface area contributed by atoms with Crippen molar-refractivity contribution in [2.24, 2.45) is 5.92 Å². The Morgan fingerprint density at radius 3 is 2.14 bits per heavy atom. The molecule has 2 amide bonds.